The molecule has 1 unspecified atom stereocenters. The molecule has 1 aliphatic rings. The van der Waals surface area contributed by atoms with Gasteiger partial charge in [0.15, 0.2) is 4.90 Å². The van der Waals surface area contributed by atoms with Crippen molar-refractivity contribution in [2.24, 2.45) is 0 Å². The normalized spacial score (nSPS) is 19.8. The Kier molecular flexibility index (Phi) is 4.96. The van der Waals surface area contributed by atoms with Crippen LogP contribution in [0.15, 0.2) is 53.4 Å². The van der Waals surface area contributed by atoms with Crippen molar-refractivity contribution in [1.29, 1.82) is 0 Å². The van der Waals surface area contributed by atoms with Gasteiger partial charge in [-0.3, -0.25) is 0 Å². The van der Waals surface area contributed by atoms with Crippen molar-refractivity contribution in [1.82, 2.24) is 4.31 Å². The first kappa shape index (κ1) is 17.0. The maximum absolute atomic E-state index is 14.0. The molecule has 1 aliphatic heterocycles. The van der Waals surface area contributed by atoms with Gasteiger partial charge in [-0.25, -0.2) is 17.2 Å². The van der Waals surface area contributed by atoms with Crippen LogP contribution in [0.2, 0.25) is 0 Å². The number of halogens is 2. The maximum atomic E-state index is 14.0. The van der Waals surface area contributed by atoms with Gasteiger partial charge in [0.1, 0.15) is 11.6 Å². The van der Waals surface area contributed by atoms with E-state index in [1.54, 1.807) is 0 Å². The van der Waals surface area contributed by atoms with Crippen molar-refractivity contribution >= 4 is 10.0 Å². The zero-order chi connectivity index (χ0) is 17.2. The lowest BCUT2D eigenvalue weighted by atomic mass is 9.95. The molecule has 0 amide bonds. The molecule has 0 radical (unpaired) electrons. The highest BCUT2D eigenvalue weighted by atomic mass is 32.2. The van der Waals surface area contributed by atoms with E-state index in [4.69, 9.17) is 0 Å². The Morgan fingerprint density at radius 2 is 1.58 bits per heavy atom. The van der Waals surface area contributed by atoms with Crippen LogP contribution in [0.5, 0.6) is 0 Å². The fourth-order valence-corrected chi connectivity index (χ4v) is 4.81. The molecule has 1 saturated heterocycles. The van der Waals surface area contributed by atoms with Gasteiger partial charge < -0.3 is 0 Å². The number of nitrogens with zero attached hydrogens (tertiary/aromatic N) is 1. The predicted molar refractivity (Wildman–Crippen MR) is 88.2 cm³/mol. The first-order valence-corrected chi connectivity index (χ1v) is 9.43. The molecule has 128 valence electrons. The highest BCUT2D eigenvalue weighted by Crippen LogP contribution is 2.31. The second-order valence-corrected chi connectivity index (χ2v) is 7.89. The lowest BCUT2D eigenvalue weighted by molar-refractivity contribution is 0.398. The van der Waals surface area contributed by atoms with Crippen LogP contribution in [0.3, 0.4) is 0 Å². The quantitative estimate of drug-likeness (QED) is 0.840. The third kappa shape index (κ3) is 3.35. The minimum absolute atomic E-state index is 0.0262. The van der Waals surface area contributed by atoms with Gasteiger partial charge in [0.05, 0.1) is 0 Å². The van der Waals surface area contributed by atoms with Crippen LogP contribution in [-0.4, -0.2) is 25.8 Å². The summed E-state index contributed by atoms with van der Waals surface area (Å²) in [6.07, 6.45) is 2.42. The monoisotopic (exact) mass is 351 g/mol. The van der Waals surface area contributed by atoms with E-state index in [-0.39, 0.29) is 19.0 Å². The van der Waals surface area contributed by atoms with Crippen molar-refractivity contribution in [3.05, 3.63) is 65.7 Å². The number of benzene rings is 2. The summed E-state index contributed by atoms with van der Waals surface area (Å²) in [5.74, 6) is -2.07. The zero-order valence-corrected chi connectivity index (χ0v) is 14.0. The molecular weight excluding hydrogens is 332 g/mol. The molecule has 1 heterocycles. The topological polar surface area (TPSA) is 37.4 Å². The molecule has 0 spiro atoms. The summed E-state index contributed by atoms with van der Waals surface area (Å²) in [4.78, 5) is -0.848. The van der Waals surface area contributed by atoms with E-state index >= 15 is 0 Å². The number of sulfonamides is 1. The Bertz CT molecular complexity index is 789. The molecule has 0 aromatic heterocycles. The fourth-order valence-electron chi connectivity index (χ4n) is 3.18. The van der Waals surface area contributed by atoms with Gasteiger partial charge in [0.2, 0.25) is 10.0 Å². The predicted octanol–water partition coefficient (Wildman–Crippen LogP) is 3.92. The average molecular weight is 351 g/mol. The summed E-state index contributed by atoms with van der Waals surface area (Å²) in [7, 11) is -4.20. The number of hydrogen-bond donors (Lipinski definition) is 0. The molecule has 3 nitrogen and oxygen atoms in total. The first-order chi connectivity index (χ1) is 11.5. The molecule has 3 rings (SSSR count). The summed E-state index contributed by atoms with van der Waals surface area (Å²) in [6, 6.07) is 12.8. The van der Waals surface area contributed by atoms with Crippen LogP contribution in [0.1, 0.15) is 30.7 Å². The number of rotatable bonds is 3. The van der Waals surface area contributed by atoms with Crippen LogP contribution in [0.4, 0.5) is 8.78 Å². The van der Waals surface area contributed by atoms with E-state index < -0.39 is 26.6 Å². The van der Waals surface area contributed by atoms with Gasteiger partial charge >= 0.3 is 0 Å². The Morgan fingerprint density at radius 1 is 0.917 bits per heavy atom. The SMILES string of the molecule is O=S(=O)(c1c(F)cccc1F)N1CCCCC(c2ccccc2)C1. The van der Waals surface area contributed by atoms with E-state index in [0.717, 1.165) is 30.5 Å². The van der Waals surface area contributed by atoms with E-state index in [1.807, 2.05) is 30.3 Å². The molecule has 0 bridgehead atoms. The highest BCUT2D eigenvalue weighted by molar-refractivity contribution is 7.89. The molecule has 1 atom stereocenters. The highest BCUT2D eigenvalue weighted by Gasteiger charge is 2.33. The lowest BCUT2D eigenvalue weighted by Crippen LogP contribution is -2.35. The number of hydrogen-bond acceptors (Lipinski definition) is 2. The van der Waals surface area contributed by atoms with E-state index in [2.05, 4.69) is 0 Å². The van der Waals surface area contributed by atoms with Crippen LogP contribution >= 0.6 is 0 Å². The van der Waals surface area contributed by atoms with Crippen molar-refractivity contribution < 1.29 is 17.2 Å². The van der Waals surface area contributed by atoms with Crippen molar-refractivity contribution in [3.63, 3.8) is 0 Å². The molecule has 2 aromatic carbocycles. The Balaban J connectivity index is 1.95. The summed E-state index contributed by atoms with van der Waals surface area (Å²) >= 11 is 0. The van der Waals surface area contributed by atoms with Crippen LogP contribution in [0.25, 0.3) is 0 Å². The van der Waals surface area contributed by atoms with Crippen molar-refractivity contribution in [2.45, 2.75) is 30.1 Å². The van der Waals surface area contributed by atoms with Gasteiger partial charge in [0.25, 0.3) is 0 Å². The largest absolute Gasteiger partial charge is 0.248 e. The molecule has 2 aromatic rings. The maximum Gasteiger partial charge on any atom is 0.248 e. The Morgan fingerprint density at radius 3 is 2.25 bits per heavy atom. The standard InChI is InChI=1S/C18H19F2NO2S/c19-16-10-6-11-17(20)18(16)24(22,23)21-12-5-4-9-15(13-21)14-7-2-1-3-8-14/h1-3,6-8,10-11,15H,4-5,9,12-13H2. The molecule has 0 saturated carbocycles. The Hall–Kier alpha value is -1.79. The molecule has 24 heavy (non-hydrogen) atoms. The van der Waals surface area contributed by atoms with Gasteiger partial charge in [-0.05, 0) is 36.5 Å². The molecule has 0 N–H and O–H groups in total. The third-order valence-corrected chi connectivity index (χ3v) is 6.34. The first-order valence-electron chi connectivity index (χ1n) is 7.99. The van der Waals surface area contributed by atoms with Crippen molar-refractivity contribution in [2.75, 3.05) is 13.1 Å². The Labute approximate surface area is 141 Å². The van der Waals surface area contributed by atoms with Crippen LogP contribution in [0, 0.1) is 11.6 Å². The van der Waals surface area contributed by atoms with E-state index in [0.29, 0.717) is 6.42 Å². The summed E-state index contributed by atoms with van der Waals surface area (Å²) in [5.41, 5.74) is 1.05. The second kappa shape index (κ2) is 6.99. The fraction of sp³-hybridized carbons (Fsp3) is 0.333. The smallest absolute Gasteiger partial charge is 0.207 e. The molecule has 0 aliphatic carbocycles. The molecule has 6 heteroatoms. The van der Waals surface area contributed by atoms with Crippen LogP contribution < -0.4 is 0 Å². The average Bonchev–Trinajstić information content (AvgIpc) is 2.82. The second-order valence-electron chi connectivity index (χ2n) is 6.02. The van der Waals surface area contributed by atoms with Gasteiger partial charge in [-0.1, -0.05) is 42.8 Å². The van der Waals surface area contributed by atoms with E-state index in [1.165, 1.54) is 10.4 Å². The van der Waals surface area contributed by atoms with Gasteiger partial charge in [-0.2, -0.15) is 4.31 Å². The third-order valence-electron chi connectivity index (χ3n) is 4.42. The minimum atomic E-state index is -4.20. The minimum Gasteiger partial charge on any atom is -0.207 e. The van der Waals surface area contributed by atoms with E-state index in [9.17, 15) is 17.2 Å². The summed E-state index contributed by atoms with van der Waals surface area (Å²) in [5, 5.41) is 0. The summed E-state index contributed by atoms with van der Waals surface area (Å²) in [6.45, 7) is 0.513. The zero-order valence-electron chi connectivity index (χ0n) is 13.2. The van der Waals surface area contributed by atoms with Crippen molar-refractivity contribution in [3.8, 4) is 0 Å². The van der Waals surface area contributed by atoms with Gasteiger partial charge in [-0.15, -0.1) is 0 Å². The molecular formula is C18H19F2NO2S. The molecule has 1 fully saturated rings. The van der Waals surface area contributed by atoms with Crippen LogP contribution in [-0.2, 0) is 10.0 Å². The lowest BCUT2D eigenvalue weighted by Gasteiger charge is -2.24. The van der Waals surface area contributed by atoms with Gasteiger partial charge in [0, 0.05) is 13.1 Å². The summed E-state index contributed by atoms with van der Waals surface area (Å²) < 4.78 is 54.8.